The molecule has 1 N–H and O–H groups in total. The molecule has 5 nitrogen and oxygen atoms in total. The number of carbonyl (C=O) groups excluding carboxylic acids is 2. The highest BCUT2D eigenvalue weighted by Gasteiger charge is 2.39. The minimum Gasteiger partial charge on any atom is -0.328 e. The van der Waals surface area contributed by atoms with Gasteiger partial charge in [0.1, 0.15) is 0 Å². The van der Waals surface area contributed by atoms with Crippen molar-refractivity contribution in [3.8, 4) is 0 Å². The average Bonchev–Trinajstić information content (AvgIpc) is 2.47. The molecule has 0 saturated carbocycles. The van der Waals surface area contributed by atoms with Crippen molar-refractivity contribution >= 4 is 11.8 Å². The number of piperazine rings is 2. The highest BCUT2D eigenvalue weighted by atomic mass is 16.2. The second-order valence-electron chi connectivity index (χ2n) is 5.53. The smallest absolute Gasteiger partial charge is 0.312 e. The lowest BCUT2D eigenvalue weighted by Crippen LogP contribution is -2.65. The van der Waals surface area contributed by atoms with Crippen LogP contribution in [-0.4, -0.2) is 53.8 Å². The monoisotopic (exact) mass is 273 g/mol. The third-order valence-corrected chi connectivity index (χ3v) is 4.01. The van der Waals surface area contributed by atoms with E-state index in [1.54, 1.807) is 9.80 Å². The van der Waals surface area contributed by atoms with Crippen LogP contribution in [0.15, 0.2) is 24.3 Å². The zero-order chi connectivity index (χ0) is 14.1. The van der Waals surface area contributed by atoms with E-state index in [-0.39, 0.29) is 17.9 Å². The van der Waals surface area contributed by atoms with Gasteiger partial charge in [-0.3, -0.25) is 9.59 Å². The first-order valence-electron chi connectivity index (χ1n) is 7.01. The molecule has 0 spiro atoms. The lowest BCUT2D eigenvalue weighted by molar-refractivity contribution is -0.160. The Morgan fingerprint density at radius 1 is 1.20 bits per heavy atom. The number of carbonyl (C=O) groups is 2. The van der Waals surface area contributed by atoms with Crippen LogP contribution >= 0.6 is 0 Å². The van der Waals surface area contributed by atoms with Crippen LogP contribution in [0.4, 0.5) is 0 Å². The van der Waals surface area contributed by atoms with Gasteiger partial charge in [0.25, 0.3) is 0 Å². The summed E-state index contributed by atoms with van der Waals surface area (Å²) >= 11 is 0. The van der Waals surface area contributed by atoms with Gasteiger partial charge in [-0.05, 0) is 12.5 Å². The molecular formula is C15H19N3O2. The molecular weight excluding hydrogens is 254 g/mol. The number of hydrogen-bond donors (Lipinski definition) is 1. The molecule has 2 aliphatic rings. The molecule has 1 unspecified atom stereocenters. The first-order valence-corrected chi connectivity index (χ1v) is 7.01. The summed E-state index contributed by atoms with van der Waals surface area (Å²) < 4.78 is 0. The largest absolute Gasteiger partial charge is 0.328 e. The maximum absolute atomic E-state index is 12.2. The summed E-state index contributed by atoms with van der Waals surface area (Å²) in [6.07, 6.45) is 0. The van der Waals surface area contributed by atoms with Crippen LogP contribution in [0.25, 0.3) is 0 Å². The fourth-order valence-electron chi connectivity index (χ4n) is 2.84. The van der Waals surface area contributed by atoms with Crippen LogP contribution in [0.5, 0.6) is 0 Å². The van der Waals surface area contributed by atoms with Crippen LogP contribution in [0.1, 0.15) is 11.1 Å². The van der Waals surface area contributed by atoms with Gasteiger partial charge in [0.15, 0.2) is 0 Å². The molecule has 0 bridgehead atoms. The number of hydrogen-bond acceptors (Lipinski definition) is 3. The van der Waals surface area contributed by atoms with Gasteiger partial charge in [0.05, 0.1) is 6.04 Å². The summed E-state index contributed by atoms with van der Waals surface area (Å²) in [5.41, 5.74) is 2.26. The van der Waals surface area contributed by atoms with E-state index in [2.05, 4.69) is 5.32 Å². The van der Waals surface area contributed by atoms with Crippen LogP contribution in [-0.2, 0) is 16.1 Å². The van der Waals surface area contributed by atoms with Gasteiger partial charge in [-0.25, -0.2) is 0 Å². The first kappa shape index (κ1) is 13.1. The lowest BCUT2D eigenvalue weighted by atomic mass is 10.1. The van der Waals surface area contributed by atoms with Crippen LogP contribution in [0.3, 0.4) is 0 Å². The maximum Gasteiger partial charge on any atom is 0.312 e. The van der Waals surface area contributed by atoms with E-state index in [9.17, 15) is 9.59 Å². The van der Waals surface area contributed by atoms with E-state index in [1.807, 2.05) is 31.2 Å². The van der Waals surface area contributed by atoms with Crippen LogP contribution in [0.2, 0.25) is 0 Å². The Hall–Kier alpha value is -1.88. The van der Waals surface area contributed by atoms with Crippen molar-refractivity contribution in [2.24, 2.45) is 0 Å². The SMILES string of the molecule is Cc1ccc(CN2CC3CNCCN3C(=O)C2=O)cc1. The molecule has 5 heteroatoms. The van der Waals surface area contributed by atoms with Gasteiger partial charge in [-0.15, -0.1) is 0 Å². The van der Waals surface area contributed by atoms with Gasteiger partial charge in [0.2, 0.25) is 0 Å². The number of amides is 2. The molecule has 0 aliphatic carbocycles. The molecule has 106 valence electrons. The summed E-state index contributed by atoms with van der Waals surface area (Å²) in [6.45, 7) is 5.33. The number of benzene rings is 1. The molecule has 1 aromatic carbocycles. The van der Waals surface area contributed by atoms with Gasteiger partial charge in [-0.2, -0.15) is 0 Å². The summed E-state index contributed by atoms with van der Waals surface area (Å²) in [4.78, 5) is 27.7. The zero-order valence-electron chi connectivity index (χ0n) is 11.6. The fraction of sp³-hybridized carbons (Fsp3) is 0.467. The zero-order valence-corrected chi connectivity index (χ0v) is 11.6. The third kappa shape index (κ3) is 2.41. The Kier molecular flexibility index (Phi) is 3.44. The van der Waals surface area contributed by atoms with Gasteiger partial charge in [0, 0.05) is 32.7 Å². The maximum atomic E-state index is 12.2. The number of nitrogens with one attached hydrogen (secondary N) is 1. The summed E-state index contributed by atoms with van der Waals surface area (Å²) in [5.74, 6) is -0.724. The normalized spacial score (nSPS) is 22.9. The van der Waals surface area contributed by atoms with Gasteiger partial charge < -0.3 is 15.1 Å². The third-order valence-electron chi connectivity index (χ3n) is 4.01. The van der Waals surface area contributed by atoms with Crippen LogP contribution in [0, 0.1) is 6.92 Å². The average molecular weight is 273 g/mol. The predicted molar refractivity (Wildman–Crippen MR) is 75.0 cm³/mol. The van der Waals surface area contributed by atoms with Crippen molar-refractivity contribution in [1.29, 1.82) is 0 Å². The highest BCUT2D eigenvalue weighted by molar-refractivity contribution is 6.35. The van der Waals surface area contributed by atoms with Crippen molar-refractivity contribution in [2.45, 2.75) is 19.5 Å². The second-order valence-corrected chi connectivity index (χ2v) is 5.53. The number of rotatable bonds is 2. The van der Waals surface area contributed by atoms with E-state index in [1.165, 1.54) is 5.56 Å². The molecule has 1 atom stereocenters. The first-order chi connectivity index (χ1) is 9.65. The fourth-order valence-corrected chi connectivity index (χ4v) is 2.84. The summed E-state index contributed by atoms with van der Waals surface area (Å²) in [7, 11) is 0. The Morgan fingerprint density at radius 2 is 1.95 bits per heavy atom. The number of aryl methyl sites for hydroxylation is 1. The standard InChI is InChI=1S/C15H19N3O2/c1-11-2-4-12(5-3-11)9-17-10-13-8-16-6-7-18(13)15(20)14(17)19/h2-5,13,16H,6-10H2,1H3. The number of nitrogens with zero attached hydrogens (tertiary/aromatic N) is 2. The molecule has 2 heterocycles. The van der Waals surface area contributed by atoms with Crippen molar-refractivity contribution in [3.63, 3.8) is 0 Å². The molecule has 20 heavy (non-hydrogen) atoms. The predicted octanol–water partition coefficient (Wildman–Crippen LogP) is 0.138. The van der Waals surface area contributed by atoms with E-state index in [0.717, 1.165) is 18.7 Å². The summed E-state index contributed by atoms with van der Waals surface area (Å²) in [6, 6.07) is 8.19. The minimum atomic E-state index is -0.372. The van der Waals surface area contributed by atoms with Gasteiger partial charge in [-0.1, -0.05) is 29.8 Å². The van der Waals surface area contributed by atoms with Crippen molar-refractivity contribution in [3.05, 3.63) is 35.4 Å². The minimum absolute atomic E-state index is 0.111. The molecule has 0 radical (unpaired) electrons. The van der Waals surface area contributed by atoms with E-state index >= 15 is 0 Å². The second kappa shape index (κ2) is 5.25. The molecule has 1 aromatic rings. The topological polar surface area (TPSA) is 52.6 Å². The Balaban J connectivity index is 1.74. The lowest BCUT2D eigenvalue weighted by Gasteiger charge is -2.43. The number of fused-ring (bicyclic) bond motifs is 1. The van der Waals surface area contributed by atoms with E-state index in [0.29, 0.717) is 19.6 Å². The van der Waals surface area contributed by atoms with Crippen molar-refractivity contribution in [1.82, 2.24) is 15.1 Å². The van der Waals surface area contributed by atoms with Gasteiger partial charge >= 0.3 is 11.8 Å². The Morgan fingerprint density at radius 3 is 2.70 bits per heavy atom. The molecule has 2 aliphatic heterocycles. The molecule has 0 aromatic heterocycles. The van der Waals surface area contributed by atoms with Crippen LogP contribution < -0.4 is 5.32 Å². The molecule has 2 amide bonds. The van der Waals surface area contributed by atoms with E-state index in [4.69, 9.17) is 0 Å². The summed E-state index contributed by atoms with van der Waals surface area (Å²) in [5, 5.41) is 3.28. The van der Waals surface area contributed by atoms with Crippen molar-refractivity contribution < 1.29 is 9.59 Å². The van der Waals surface area contributed by atoms with Crippen molar-refractivity contribution in [2.75, 3.05) is 26.2 Å². The highest BCUT2D eigenvalue weighted by Crippen LogP contribution is 2.17. The molecule has 2 saturated heterocycles. The Bertz CT molecular complexity index is 526. The van der Waals surface area contributed by atoms with E-state index < -0.39 is 0 Å². The molecule has 3 rings (SSSR count). The Labute approximate surface area is 118 Å². The molecule has 2 fully saturated rings. The quantitative estimate of drug-likeness (QED) is 0.780.